The predicted octanol–water partition coefficient (Wildman–Crippen LogP) is 3.16. The molecule has 1 aromatic rings. The second kappa shape index (κ2) is 5.21. The van der Waals surface area contributed by atoms with Gasteiger partial charge in [0.05, 0.1) is 17.2 Å². The molecule has 0 aliphatic rings. The van der Waals surface area contributed by atoms with Crippen LogP contribution in [0, 0.1) is 6.92 Å². The first-order chi connectivity index (χ1) is 7.49. The highest BCUT2D eigenvalue weighted by Gasteiger charge is 2.22. The quantitative estimate of drug-likeness (QED) is 0.773. The van der Waals surface area contributed by atoms with Gasteiger partial charge in [-0.3, -0.25) is 4.98 Å². The third-order valence-corrected chi connectivity index (χ3v) is 2.29. The minimum atomic E-state index is -2.74. The highest BCUT2D eigenvalue weighted by molar-refractivity contribution is 6.33. The van der Waals surface area contributed by atoms with E-state index in [1.165, 1.54) is 6.92 Å². The summed E-state index contributed by atoms with van der Waals surface area (Å²) in [4.78, 5) is 15.0. The van der Waals surface area contributed by atoms with Crippen LogP contribution in [0.2, 0.25) is 5.02 Å². The van der Waals surface area contributed by atoms with Gasteiger partial charge < -0.3 is 4.74 Å². The molecule has 3 nitrogen and oxygen atoms in total. The zero-order valence-corrected chi connectivity index (χ0v) is 9.52. The number of pyridine rings is 1. The van der Waals surface area contributed by atoms with Gasteiger partial charge >= 0.3 is 5.97 Å². The molecule has 16 heavy (non-hydrogen) atoms. The number of halogens is 3. The van der Waals surface area contributed by atoms with Crippen molar-refractivity contribution in [2.75, 3.05) is 6.61 Å². The number of hydrogen-bond acceptors (Lipinski definition) is 3. The maximum Gasteiger partial charge on any atom is 0.340 e. The van der Waals surface area contributed by atoms with Crippen LogP contribution >= 0.6 is 11.6 Å². The number of carbonyl (C=O) groups is 1. The Kier molecular flexibility index (Phi) is 4.18. The van der Waals surface area contributed by atoms with E-state index in [1.807, 2.05) is 0 Å². The monoisotopic (exact) mass is 249 g/mol. The lowest BCUT2D eigenvalue weighted by Crippen LogP contribution is -2.10. The van der Waals surface area contributed by atoms with E-state index in [2.05, 4.69) is 4.98 Å². The highest BCUT2D eigenvalue weighted by Crippen LogP contribution is 2.27. The van der Waals surface area contributed by atoms with Crippen LogP contribution in [0.1, 0.15) is 35.0 Å². The van der Waals surface area contributed by atoms with Crippen LogP contribution in [-0.2, 0) is 4.74 Å². The van der Waals surface area contributed by atoms with Crippen molar-refractivity contribution in [3.05, 3.63) is 28.0 Å². The highest BCUT2D eigenvalue weighted by atomic mass is 35.5. The van der Waals surface area contributed by atoms with Crippen LogP contribution in [-0.4, -0.2) is 17.6 Å². The zero-order valence-electron chi connectivity index (χ0n) is 8.76. The van der Waals surface area contributed by atoms with E-state index in [9.17, 15) is 13.6 Å². The Bertz CT molecular complexity index is 410. The topological polar surface area (TPSA) is 39.2 Å². The van der Waals surface area contributed by atoms with Crippen LogP contribution in [0.25, 0.3) is 0 Å². The molecule has 0 amide bonds. The number of alkyl halides is 2. The van der Waals surface area contributed by atoms with Crippen LogP contribution < -0.4 is 0 Å². The predicted molar refractivity (Wildman–Crippen MR) is 54.9 cm³/mol. The third-order valence-electron chi connectivity index (χ3n) is 2.00. The SMILES string of the molecule is CCOC(=O)c1c(Cl)cnc(C(F)F)c1C. The number of nitrogens with zero attached hydrogens (tertiary/aromatic N) is 1. The molecule has 0 unspecified atom stereocenters. The van der Waals surface area contributed by atoms with Gasteiger partial charge in [0.25, 0.3) is 6.43 Å². The van der Waals surface area contributed by atoms with Gasteiger partial charge in [-0.25, -0.2) is 13.6 Å². The number of ether oxygens (including phenoxy) is 1. The largest absolute Gasteiger partial charge is 0.462 e. The molecule has 1 rings (SSSR count). The number of hydrogen-bond donors (Lipinski definition) is 0. The van der Waals surface area contributed by atoms with E-state index in [-0.39, 0.29) is 22.8 Å². The zero-order chi connectivity index (χ0) is 12.3. The summed E-state index contributed by atoms with van der Waals surface area (Å²) in [5, 5.41) is 0.0142. The van der Waals surface area contributed by atoms with Crippen molar-refractivity contribution in [2.45, 2.75) is 20.3 Å². The summed E-state index contributed by atoms with van der Waals surface area (Å²) in [7, 11) is 0. The van der Waals surface area contributed by atoms with Gasteiger partial charge in [0, 0.05) is 6.20 Å². The smallest absolute Gasteiger partial charge is 0.340 e. The normalized spacial score (nSPS) is 10.6. The molecule has 0 fully saturated rings. The second-order valence-corrected chi connectivity index (χ2v) is 3.42. The molecule has 0 radical (unpaired) electrons. The fraction of sp³-hybridized carbons (Fsp3) is 0.400. The molecule has 1 aromatic heterocycles. The summed E-state index contributed by atoms with van der Waals surface area (Å²) in [6.45, 7) is 3.14. The van der Waals surface area contributed by atoms with E-state index < -0.39 is 18.1 Å². The van der Waals surface area contributed by atoms with Gasteiger partial charge in [0.1, 0.15) is 5.69 Å². The lowest BCUT2D eigenvalue weighted by Gasteiger charge is -2.10. The summed E-state index contributed by atoms with van der Waals surface area (Å²) in [5.74, 6) is -0.714. The molecule has 1 heterocycles. The first-order valence-corrected chi connectivity index (χ1v) is 4.97. The number of carbonyl (C=O) groups excluding carboxylic acids is 1. The summed E-state index contributed by atoms with van der Waals surface area (Å²) >= 11 is 5.73. The van der Waals surface area contributed by atoms with Crippen molar-refractivity contribution in [3.8, 4) is 0 Å². The van der Waals surface area contributed by atoms with Crippen molar-refractivity contribution >= 4 is 17.6 Å². The van der Waals surface area contributed by atoms with Gasteiger partial charge in [0.15, 0.2) is 0 Å². The third kappa shape index (κ3) is 2.47. The molecule has 6 heteroatoms. The minimum absolute atomic E-state index is 0.0142. The van der Waals surface area contributed by atoms with Gasteiger partial charge in [0.2, 0.25) is 0 Å². The number of aromatic nitrogens is 1. The average Bonchev–Trinajstić information content (AvgIpc) is 2.17. The van der Waals surface area contributed by atoms with E-state index in [1.54, 1.807) is 6.92 Å². The first kappa shape index (κ1) is 12.8. The lowest BCUT2D eigenvalue weighted by molar-refractivity contribution is 0.0525. The summed E-state index contributed by atoms with van der Waals surface area (Å²) in [6, 6.07) is 0. The van der Waals surface area contributed by atoms with Crippen molar-refractivity contribution in [1.82, 2.24) is 4.98 Å². The number of rotatable bonds is 3. The Labute approximate surface area is 96.4 Å². The van der Waals surface area contributed by atoms with E-state index in [0.29, 0.717) is 0 Å². The van der Waals surface area contributed by atoms with Gasteiger partial charge in [-0.15, -0.1) is 0 Å². The molecule has 0 N–H and O–H groups in total. The summed E-state index contributed by atoms with van der Waals surface area (Å²) in [5.41, 5.74) is -0.442. The molecule has 0 bridgehead atoms. The van der Waals surface area contributed by atoms with Crippen molar-refractivity contribution in [2.24, 2.45) is 0 Å². The number of esters is 1. The summed E-state index contributed by atoms with van der Waals surface area (Å²) in [6.07, 6.45) is -1.71. The maximum absolute atomic E-state index is 12.5. The van der Waals surface area contributed by atoms with E-state index in [0.717, 1.165) is 6.20 Å². The molecule has 0 spiro atoms. The van der Waals surface area contributed by atoms with Gasteiger partial charge in [-0.1, -0.05) is 11.6 Å². The van der Waals surface area contributed by atoms with E-state index >= 15 is 0 Å². The molecular formula is C10H10ClF2NO2. The molecule has 88 valence electrons. The maximum atomic E-state index is 12.5. The van der Waals surface area contributed by atoms with Crippen molar-refractivity contribution in [3.63, 3.8) is 0 Å². The van der Waals surface area contributed by atoms with Crippen molar-refractivity contribution in [1.29, 1.82) is 0 Å². The fourth-order valence-corrected chi connectivity index (χ4v) is 1.54. The lowest BCUT2D eigenvalue weighted by atomic mass is 10.1. The Hall–Kier alpha value is -1.23. The van der Waals surface area contributed by atoms with Crippen LogP contribution in [0.3, 0.4) is 0 Å². The van der Waals surface area contributed by atoms with Crippen LogP contribution in [0.5, 0.6) is 0 Å². The first-order valence-electron chi connectivity index (χ1n) is 4.59. The Morgan fingerprint density at radius 2 is 2.25 bits per heavy atom. The molecule has 0 aliphatic heterocycles. The van der Waals surface area contributed by atoms with Crippen LogP contribution in [0.4, 0.5) is 8.78 Å². The van der Waals surface area contributed by atoms with Gasteiger partial charge in [-0.2, -0.15) is 0 Å². The molecule has 0 aliphatic carbocycles. The minimum Gasteiger partial charge on any atom is -0.462 e. The van der Waals surface area contributed by atoms with Crippen molar-refractivity contribution < 1.29 is 18.3 Å². The Balaban J connectivity index is 3.26. The molecule has 0 saturated heterocycles. The molecular weight excluding hydrogens is 240 g/mol. The van der Waals surface area contributed by atoms with Gasteiger partial charge in [-0.05, 0) is 19.4 Å². The Morgan fingerprint density at radius 3 is 2.75 bits per heavy atom. The average molecular weight is 250 g/mol. The molecule has 0 saturated carbocycles. The van der Waals surface area contributed by atoms with E-state index in [4.69, 9.17) is 16.3 Å². The fourth-order valence-electron chi connectivity index (χ4n) is 1.27. The Morgan fingerprint density at radius 1 is 1.62 bits per heavy atom. The van der Waals surface area contributed by atoms with Crippen LogP contribution in [0.15, 0.2) is 6.20 Å². The summed E-state index contributed by atoms with van der Waals surface area (Å²) < 4.78 is 29.8. The standard InChI is InChI=1S/C10H10ClF2NO2/c1-3-16-10(15)7-5(2)8(9(12)13)14-4-6(7)11/h4,9H,3H2,1-2H3. The molecule has 0 atom stereocenters. The second-order valence-electron chi connectivity index (χ2n) is 3.01. The molecule has 0 aromatic carbocycles.